The number of ketones is 1. The van der Waals surface area contributed by atoms with Gasteiger partial charge >= 0.3 is 0 Å². The van der Waals surface area contributed by atoms with Crippen molar-refractivity contribution in [3.05, 3.63) is 48.0 Å². The van der Waals surface area contributed by atoms with Crippen LogP contribution in [0, 0.1) is 0 Å². The van der Waals surface area contributed by atoms with Gasteiger partial charge in [-0.15, -0.1) is 12.4 Å². The quantitative estimate of drug-likeness (QED) is 0.788. The van der Waals surface area contributed by atoms with Gasteiger partial charge in [-0.2, -0.15) is 0 Å². The van der Waals surface area contributed by atoms with Crippen molar-refractivity contribution in [1.29, 1.82) is 0 Å². The molecule has 3 heteroatoms. The lowest BCUT2D eigenvalue weighted by atomic mass is 10.0. The van der Waals surface area contributed by atoms with Crippen LogP contribution in [-0.2, 0) is 0 Å². The smallest absolute Gasteiger partial charge is 0.164 e. The second-order valence-corrected chi connectivity index (χ2v) is 4.54. The van der Waals surface area contributed by atoms with Gasteiger partial charge in [0.05, 0.1) is 0 Å². The van der Waals surface area contributed by atoms with Crippen molar-refractivity contribution in [2.45, 2.75) is 6.42 Å². The van der Waals surface area contributed by atoms with E-state index in [0.29, 0.717) is 6.42 Å². The van der Waals surface area contributed by atoms with Crippen molar-refractivity contribution in [1.82, 2.24) is 4.90 Å². The van der Waals surface area contributed by atoms with Gasteiger partial charge in [0.25, 0.3) is 0 Å². The Kier molecular flexibility index (Phi) is 5.32. The van der Waals surface area contributed by atoms with Crippen molar-refractivity contribution >= 4 is 29.0 Å². The minimum atomic E-state index is 0. The summed E-state index contributed by atoms with van der Waals surface area (Å²) >= 11 is 0. The number of Topliss-reactive ketones (excluding diaryl/α,β-unsaturated/α-hetero) is 1. The zero-order valence-corrected chi connectivity index (χ0v) is 11.5. The molecule has 0 fully saturated rings. The van der Waals surface area contributed by atoms with E-state index < -0.39 is 0 Å². The number of rotatable bonds is 4. The minimum Gasteiger partial charge on any atom is -0.309 e. The highest BCUT2D eigenvalue weighted by Crippen LogP contribution is 2.16. The van der Waals surface area contributed by atoms with Crippen LogP contribution in [0.4, 0.5) is 0 Å². The Morgan fingerprint density at radius 3 is 2.39 bits per heavy atom. The largest absolute Gasteiger partial charge is 0.309 e. The summed E-state index contributed by atoms with van der Waals surface area (Å²) in [6.45, 7) is 0.797. The van der Waals surface area contributed by atoms with E-state index in [2.05, 4.69) is 6.07 Å². The predicted molar refractivity (Wildman–Crippen MR) is 78.7 cm³/mol. The Morgan fingerprint density at radius 2 is 1.72 bits per heavy atom. The molecule has 0 spiro atoms. The van der Waals surface area contributed by atoms with Gasteiger partial charge in [-0.25, -0.2) is 0 Å². The summed E-state index contributed by atoms with van der Waals surface area (Å²) in [6.07, 6.45) is 0.575. The normalized spacial score (nSPS) is 10.4. The van der Waals surface area contributed by atoms with E-state index in [1.54, 1.807) is 0 Å². The summed E-state index contributed by atoms with van der Waals surface area (Å²) in [5.74, 6) is 0.212. The van der Waals surface area contributed by atoms with Crippen LogP contribution in [0.25, 0.3) is 10.8 Å². The third-order valence-corrected chi connectivity index (χ3v) is 2.86. The summed E-state index contributed by atoms with van der Waals surface area (Å²) in [4.78, 5) is 14.0. The summed E-state index contributed by atoms with van der Waals surface area (Å²) in [5, 5.41) is 2.31. The molecular weight excluding hydrogens is 246 g/mol. The number of hydrogen-bond acceptors (Lipinski definition) is 2. The van der Waals surface area contributed by atoms with Crippen LogP contribution < -0.4 is 0 Å². The molecule has 0 radical (unpaired) electrons. The fourth-order valence-electron chi connectivity index (χ4n) is 1.83. The Labute approximate surface area is 114 Å². The first-order valence-electron chi connectivity index (χ1n) is 5.83. The van der Waals surface area contributed by atoms with Crippen molar-refractivity contribution in [3.63, 3.8) is 0 Å². The molecule has 0 aliphatic heterocycles. The molecule has 0 aliphatic rings. The lowest BCUT2D eigenvalue weighted by Crippen LogP contribution is -2.16. The molecule has 0 aromatic heterocycles. The van der Waals surface area contributed by atoms with Crippen LogP contribution in [0.5, 0.6) is 0 Å². The first kappa shape index (κ1) is 14.7. The van der Waals surface area contributed by atoms with Gasteiger partial charge in [-0.3, -0.25) is 4.79 Å². The van der Waals surface area contributed by atoms with E-state index in [4.69, 9.17) is 0 Å². The zero-order chi connectivity index (χ0) is 12.3. The molecule has 2 rings (SSSR count). The molecule has 0 saturated carbocycles. The van der Waals surface area contributed by atoms with Gasteiger partial charge < -0.3 is 4.90 Å². The molecule has 96 valence electrons. The van der Waals surface area contributed by atoms with E-state index >= 15 is 0 Å². The van der Waals surface area contributed by atoms with E-state index in [0.717, 1.165) is 17.5 Å². The topological polar surface area (TPSA) is 20.3 Å². The van der Waals surface area contributed by atoms with Gasteiger partial charge in [-0.05, 0) is 30.9 Å². The Bertz CT molecular complexity index is 537. The van der Waals surface area contributed by atoms with E-state index in [1.165, 1.54) is 5.39 Å². The molecule has 18 heavy (non-hydrogen) atoms. The van der Waals surface area contributed by atoms with Gasteiger partial charge in [0, 0.05) is 18.5 Å². The van der Waals surface area contributed by atoms with Crippen molar-refractivity contribution < 1.29 is 4.79 Å². The molecule has 0 saturated heterocycles. The maximum Gasteiger partial charge on any atom is 0.164 e. The number of nitrogens with zero attached hydrogens (tertiary/aromatic N) is 1. The van der Waals surface area contributed by atoms with Crippen LogP contribution in [-0.4, -0.2) is 31.3 Å². The first-order chi connectivity index (χ1) is 8.16. The number of carbonyl (C=O) groups excluding carboxylic acids is 1. The van der Waals surface area contributed by atoms with Crippen LogP contribution in [0.2, 0.25) is 0 Å². The standard InChI is InChI=1S/C15H17NO.ClH/c1-16(2)10-9-15(17)14-8-7-12-5-3-4-6-13(12)11-14;/h3-8,11H,9-10H2,1-2H3;1H. The Balaban J connectivity index is 0.00000162. The number of benzene rings is 2. The summed E-state index contributed by atoms with van der Waals surface area (Å²) in [7, 11) is 3.96. The third-order valence-electron chi connectivity index (χ3n) is 2.86. The molecule has 2 nitrogen and oxygen atoms in total. The SMILES string of the molecule is CN(C)CCC(=O)c1ccc2ccccc2c1.Cl. The first-order valence-corrected chi connectivity index (χ1v) is 5.83. The molecule has 0 amide bonds. The highest BCUT2D eigenvalue weighted by atomic mass is 35.5. The van der Waals surface area contributed by atoms with Crippen LogP contribution in [0.3, 0.4) is 0 Å². The van der Waals surface area contributed by atoms with Crippen molar-refractivity contribution in [3.8, 4) is 0 Å². The molecule has 2 aromatic rings. The number of fused-ring (bicyclic) bond motifs is 1. The average molecular weight is 264 g/mol. The van der Waals surface area contributed by atoms with Crippen LogP contribution >= 0.6 is 12.4 Å². The molecule has 0 atom stereocenters. The highest BCUT2D eigenvalue weighted by Gasteiger charge is 2.06. The number of hydrogen-bond donors (Lipinski definition) is 0. The van der Waals surface area contributed by atoms with Crippen molar-refractivity contribution in [2.24, 2.45) is 0 Å². The van der Waals surface area contributed by atoms with Crippen molar-refractivity contribution in [2.75, 3.05) is 20.6 Å². The zero-order valence-electron chi connectivity index (χ0n) is 10.7. The monoisotopic (exact) mass is 263 g/mol. The number of halogens is 1. The summed E-state index contributed by atoms with van der Waals surface area (Å²) in [6, 6.07) is 14.0. The van der Waals surface area contributed by atoms with E-state index in [-0.39, 0.29) is 18.2 Å². The van der Waals surface area contributed by atoms with Gasteiger partial charge in [-0.1, -0.05) is 36.4 Å². The van der Waals surface area contributed by atoms with Gasteiger partial charge in [0.2, 0.25) is 0 Å². The molecule has 0 heterocycles. The maximum atomic E-state index is 12.0. The Morgan fingerprint density at radius 1 is 1.06 bits per heavy atom. The fourth-order valence-corrected chi connectivity index (χ4v) is 1.83. The van der Waals surface area contributed by atoms with Crippen LogP contribution in [0.15, 0.2) is 42.5 Å². The van der Waals surface area contributed by atoms with Gasteiger partial charge in [0.1, 0.15) is 0 Å². The lowest BCUT2D eigenvalue weighted by molar-refractivity contribution is 0.0972. The lowest BCUT2D eigenvalue weighted by Gasteiger charge is -2.08. The number of carbonyl (C=O) groups is 1. The fraction of sp³-hybridized carbons (Fsp3) is 0.267. The average Bonchev–Trinajstić information content (AvgIpc) is 2.35. The Hall–Kier alpha value is -1.38. The molecule has 0 unspecified atom stereocenters. The van der Waals surface area contributed by atoms with E-state index in [9.17, 15) is 4.79 Å². The molecule has 0 N–H and O–H groups in total. The third kappa shape index (κ3) is 3.56. The minimum absolute atomic E-state index is 0. The maximum absolute atomic E-state index is 12.0. The molecule has 2 aromatic carbocycles. The second kappa shape index (κ2) is 6.53. The molecule has 0 aliphatic carbocycles. The second-order valence-electron chi connectivity index (χ2n) is 4.54. The molecule has 0 bridgehead atoms. The summed E-state index contributed by atoms with van der Waals surface area (Å²) in [5.41, 5.74) is 0.811. The highest BCUT2D eigenvalue weighted by molar-refractivity contribution is 6.00. The van der Waals surface area contributed by atoms with Crippen LogP contribution in [0.1, 0.15) is 16.8 Å². The molecular formula is C15H18ClNO. The summed E-state index contributed by atoms with van der Waals surface area (Å²) < 4.78 is 0. The van der Waals surface area contributed by atoms with Gasteiger partial charge in [0.15, 0.2) is 5.78 Å². The predicted octanol–water partition coefficient (Wildman–Crippen LogP) is 3.40. The van der Waals surface area contributed by atoms with E-state index in [1.807, 2.05) is 55.4 Å².